The number of carboxylic acids is 1. The number of carboxylic acid groups (broad SMARTS) is 1. The second-order valence-corrected chi connectivity index (χ2v) is 8.38. The first kappa shape index (κ1) is 22.6. The zero-order valence-electron chi connectivity index (χ0n) is 20.0. The molecule has 4 rings (SSSR count). The predicted molar refractivity (Wildman–Crippen MR) is 135 cm³/mol. The van der Waals surface area contributed by atoms with Gasteiger partial charge in [0.1, 0.15) is 24.9 Å². The third-order valence-corrected chi connectivity index (χ3v) is 6.41. The molecule has 1 aliphatic carbocycles. The second kappa shape index (κ2) is 9.10. The highest BCUT2D eigenvalue weighted by Gasteiger charge is 2.22. The van der Waals surface area contributed by atoms with Gasteiger partial charge in [0.25, 0.3) is 0 Å². The van der Waals surface area contributed by atoms with E-state index >= 15 is 0 Å². The highest BCUT2D eigenvalue weighted by Crippen LogP contribution is 2.42. The molecule has 0 amide bonds. The molecule has 2 aliphatic rings. The van der Waals surface area contributed by atoms with E-state index in [1.54, 1.807) is 6.07 Å². The van der Waals surface area contributed by atoms with E-state index in [2.05, 4.69) is 54.5 Å². The summed E-state index contributed by atoms with van der Waals surface area (Å²) >= 11 is 0. The van der Waals surface area contributed by atoms with Crippen LogP contribution in [0, 0.1) is 6.92 Å². The number of hydrogen-bond acceptors (Lipinski definition) is 3. The Morgan fingerprint density at radius 2 is 1.70 bits per heavy atom. The Bertz CT molecular complexity index is 1380. The van der Waals surface area contributed by atoms with Crippen LogP contribution in [0.1, 0.15) is 36.7 Å². The highest BCUT2D eigenvalue weighted by molar-refractivity contribution is 6.07. The standard InChI is InChI=1S/C28H30N2O3/c1-6-29(5)19-10-13-22-25(16-19)33-26-17-20(30(7-2)8-3)11-14-23(26)27(22)21-12-9-18(4)15-24(21)28(31)32/h9-17H,6-8H2,1-5H3/p+1. The topological polar surface area (TPSA) is 56.7 Å². The van der Waals surface area contributed by atoms with Gasteiger partial charge in [-0.25, -0.2) is 9.37 Å². The summed E-state index contributed by atoms with van der Waals surface area (Å²) in [5, 5.41) is 11.9. The number of carbonyl (C=O) groups is 1. The summed E-state index contributed by atoms with van der Waals surface area (Å²) in [7, 11) is 2.05. The molecule has 0 saturated carbocycles. The molecule has 2 aromatic rings. The summed E-state index contributed by atoms with van der Waals surface area (Å²) in [5.74, 6) is -0.193. The molecule has 33 heavy (non-hydrogen) atoms. The number of nitrogens with zero attached hydrogens (tertiary/aromatic N) is 2. The van der Waals surface area contributed by atoms with Crippen LogP contribution >= 0.6 is 0 Å². The molecule has 1 heterocycles. The summed E-state index contributed by atoms with van der Waals surface area (Å²) in [5.41, 5.74) is 5.54. The van der Waals surface area contributed by atoms with E-state index in [0.29, 0.717) is 11.1 Å². The maximum absolute atomic E-state index is 12.2. The Kier molecular flexibility index (Phi) is 6.23. The van der Waals surface area contributed by atoms with Gasteiger partial charge in [-0.05, 0) is 57.5 Å². The Balaban J connectivity index is 2.14. The first-order valence-corrected chi connectivity index (χ1v) is 11.5. The number of fused-ring (bicyclic) bond motifs is 2. The number of anilines is 1. The second-order valence-electron chi connectivity index (χ2n) is 8.38. The minimum atomic E-state index is -0.933. The summed E-state index contributed by atoms with van der Waals surface area (Å²) in [6.45, 7) is 11.0. The molecule has 0 atom stereocenters. The molecular weight excluding hydrogens is 412 g/mol. The average Bonchev–Trinajstić information content (AvgIpc) is 2.82. The van der Waals surface area contributed by atoms with Gasteiger partial charge in [-0.15, -0.1) is 0 Å². The lowest BCUT2D eigenvalue weighted by molar-refractivity contribution is 0.0697. The fourth-order valence-corrected chi connectivity index (χ4v) is 4.42. The summed E-state index contributed by atoms with van der Waals surface area (Å²) in [6, 6.07) is 18.0. The molecule has 0 saturated heterocycles. The fourth-order valence-electron chi connectivity index (χ4n) is 4.42. The van der Waals surface area contributed by atoms with Crippen molar-refractivity contribution < 1.29 is 14.3 Å². The van der Waals surface area contributed by atoms with Crippen LogP contribution in [-0.2, 0) is 0 Å². The summed E-state index contributed by atoms with van der Waals surface area (Å²) < 4.78 is 8.60. The van der Waals surface area contributed by atoms with Crippen LogP contribution in [0.2, 0.25) is 0 Å². The summed E-state index contributed by atoms with van der Waals surface area (Å²) in [6.07, 6.45) is 0. The van der Waals surface area contributed by atoms with Crippen LogP contribution in [-0.4, -0.2) is 37.8 Å². The number of hydrogen-bond donors (Lipinski definition) is 1. The van der Waals surface area contributed by atoms with Crippen molar-refractivity contribution in [3.8, 4) is 22.5 Å². The van der Waals surface area contributed by atoms with Crippen molar-refractivity contribution in [3.05, 3.63) is 71.1 Å². The van der Waals surface area contributed by atoms with Crippen LogP contribution in [0.15, 0.2) is 59.0 Å². The molecule has 0 unspecified atom stereocenters. The Morgan fingerprint density at radius 3 is 2.36 bits per heavy atom. The number of rotatable bonds is 6. The molecule has 0 aromatic heterocycles. The van der Waals surface area contributed by atoms with Gasteiger partial charge in [-0.2, -0.15) is 0 Å². The van der Waals surface area contributed by atoms with E-state index in [1.807, 2.05) is 38.2 Å². The fraction of sp³-hybridized carbons (Fsp3) is 0.286. The molecule has 5 heteroatoms. The third kappa shape index (κ3) is 4.11. The van der Waals surface area contributed by atoms with Gasteiger partial charge in [0.2, 0.25) is 5.36 Å². The number of aryl methyl sites for hydroxylation is 1. The minimum Gasteiger partial charge on any atom is -0.478 e. The lowest BCUT2D eigenvalue weighted by atomic mass is 9.90. The van der Waals surface area contributed by atoms with Gasteiger partial charge >= 0.3 is 5.97 Å². The van der Waals surface area contributed by atoms with Crippen LogP contribution in [0.3, 0.4) is 0 Å². The molecule has 0 radical (unpaired) electrons. The van der Waals surface area contributed by atoms with Crippen LogP contribution in [0.4, 0.5) is 5.69 Å². The van der Waals surface area contributed by atoms with E-state index in [1.165, 1.54) is 0 Å². The third-order valence-electron chi connectivity index (χ3n) is 6.41. The lowest BCUT2D eigenvalue weighted by Crippen LogP contribution is -2.25. The van der Waals surface area contributed by atoms with Gasteiger partial charge < -0.3 is 14.4 Å². The van der Waals surface area contributed by atoms with Crippen molar-refractivity contribution >= 4 is 22.6 Å². The van der Waals surface area contributed by atoms with Crippen molar-refractivity contribution in [2.75, 3.05) is 31.6 Å². The van der Waals surface area contributed by atoms with Gasteiger partial charge in [-0.1, -0.05) is 17.7 Å². The quantitative estimate of drug-likeness (QED) is 0.317. The van der Waals surface area contributed by atoms with Crippen molar-refractivity contribution in [2.24, 2.45) is 0 Å². The molecule has 1 aliphatic heterocycles. The van der Waals surface area contributed by atoms with E-state index in [4.69, 9.17) is 4.42 Å². The van der Waals surface area contributed by atoms with Crippen LogP contribution < -0.4 is 14.8 Å². The van der Waals surface area contributed by atoms with Gasteiger partial charge in [0, 0.05) is 47.4 Å². The Morgan fingerprint density at radius 1 is 0.970 bits per heavy atom. The van der Waals surface area contributed by atoms with E-state index in [9.17, 15) is 9.90 Å². The molecule has 5 nitrogen and oxygen atoms in total. The molecule has 0 spiro atoms. The maximum Gasteiger partial charge on any atom is 0.336 e. The maximum atomic E-state index is 12.2. The number of aromatic carboxylic acids is 1. The first-order chi connectivity index (χ1) is 15.9. The monoisotopic (exact) mass is 443 g/mol. The van der Waals surface area contributed by atoms with Crippen LogP contribution in [0.5, 0.6) is 0 Å². The summed E-state index contributed by atoms with van der Waals surface area (Å²) in [4.78, 5) is 14.5. The smallest absolute Gasteiger partial charge is 0.336 e. The van der Waals surface area contributed by atoms with Gasteiger partial charge in [0.05, 0.1) is 11.6 Å². The number of benzene rings is 3. The molecule has 0 fully saturated rings. The molecule has 0 bridgehead atoms. The van der Waals surface area contributed by atoms with Gasteiger partial charge in [-0.3, -0.25) is 0 Å². The lowest BCUT2D eigenvalue weighted by Gasteiger charge is -2.22. The van der Waals surface area contributed by atoms with E-state index in [0.717, 1.165) is 64.1 Å². The predicted octanol–water partition coefficient (Wildman–Crippen LogP) is 5.48. The van der Waals surface area contributed by atoms with Crippen molar-refractivity contribution in [2.45, 2.75) is 27.7 Å². The molecule has 1 N–H and O–H groups in total. The Labute approximate surface area is 194 Å². The molecule has 170 valence electrons. The van der Waals surface area contributed by atoms with Crippen molar-refractivity contribution in [3.63, 3.8) is 0 Å². The normalized spacial score (nSPS) is 12.3. The zero-order chi connectivity index (χ0) is 23.7. The highest BCUT2D eigenvalue weighted by atomic mass is 16.4. The first-order valence-electron chi connectivity index (χ1n) is 11.5. The van der Waals surface area contributed by atoms with Crippen molar-refractivity contribution in [1.82, 2.24) is 4.58 Å². The largest absolute Gasteiger partial charge is 0.478 e. The van der Waals surface area contributed by atoms with Crippen molar-refractivity contribution in [1.29, 1.82) is 0 Å². The van der Waals surface area contributed by atoms with E-state index in [-0.39, 0.29) is 0 Å². The van der Waals surface area contributed by atoms with Gasteiger partial charge in [0.15, 0.2) is 0 Å². The zero-order valence-corrected chi connectivity index (χ0v) is 20.0. The SMILES string of the molecule is CCN(CC)c1ccc2c(-c3ccc(C)cc3C(=O)O)c3ccc(=[N+](C)CC)cc-3oc2c1. The van der Waals surface area contributed by atoms with E-state index < -0.39 is 5.97 Å². The average molecular weight is 444 g/mol. The Hall–Kier alpha value is -3.60. The molecular formula is C28H31N2O3+. The van der Waals surface area contributed by atoms with Crippen LogP contribution in [0.25, 0.3) is 33.4 Å². The molecule has 2 aromatic carbocycles. The minimum absolute atomic E-state index is 0.298.